The predicted octanol–water partition coefficient (Wildman–Crippen LogP) is 3.48. The number of hydrogen-bond donors (Lipinski definition) is 0. The number of benzene rings is 1. The molecule has 5 heteroatoms. The molecule has 88 valence electrons. The first-order valence-corrected chi connectivity index (χ1v) is 5.33. The zero-order valence-corrected chi connectivity index (χ0v) is 10.7. The summed E-state index contributed by atoms with van der Waals surface area (Å²) in [5.74, 6) is -0.664. The largest absolute Gasteiger partial charge is 0.496 e. The lowest BCUT2D eigenvalue weighted by Crippen LogP contribution is -2.22. The Bertz CT molecular complexity index is 425. The number of carbonyl (C=O) groups is 1. The van der Waals surface area contributed by atoms with E-state index in [-0.39, 0.29) is 5.56 Å². The van der Waals surface area contributed by atoms with Crippen molar-refractivity contribution >= 4 is 21.7 Å². The van der Waals surface area contributed by atoms with E-state index in [2.05, 4.69) is 15.9 Å². The maximum Gasteiger partial charge on any atom is 0.363 e. The van der Waals surface area contributed by atoms with Crippen LogP contribution in [0, 0.1) is 13.8 Å². The molecule has 1 aromatic carbocycles. The molecule has 2 nitrogen and oxygen atoms in total. The number of rotatable bonds is 3. The monoisotopic (exact) mass is 292 g/mol. The lowest BCUT2D eigenvalue weighted by atomic mass is 10.0. The summed E-state index contributed by atoms with van der Waals surface area (Å²) in [6.45, 7) is 3.29. The number of alkyl halides is 3. The topological polar surface area (TPSA) is 26.3 Å². The van der Waals surface area contributed by atoms with Gasteiger partial charge >= 0.3 is 4.83 Å². The molecule has 0 bridgehead atoms. The Balaban J connectivity index is 3.27. The van der Waals surface area contributed by atoms with E-state index in [1.807, 2.05) is 0 Å². The van der Waals surface area contributed by atoms with Crippen LogP contribution in [0.25, 0.3) is 0 Å². The fourth-order valence-corrected chi connectivity index (χ4v) is 1.62. The van der Waals surface area contributed by atoms with Crippen molar-refractivity contribution in [3.05, 3.63) is 28.8 Å². The van der Waals surface area contributed by atoms with Crippen molar-refractivity contribution in [3.63, 3.8) is 0 Å². The van der Waals surface area contributed by atoms with E-state index in [0.29, 0.717) is 16.9 Å². The third kappa shape index (κ3) is 2.58. The minimum absolute atomic E-state index is 0.000162. The summed E-state index contributed by atoms with van der Waals surface area (Å²) < 4.78 is 30.7. The summed E-state index contributed by atoms with van der Waals surface area (Å²) in [6, 6.07) is 2.98. The van der Waals surface area contributed by atoms with Gasteiger partial charge in [-0.3, -0.25) is 4.79 Å². The molecule has 0 saturated heterocycles. The molecule has 1 rings (SSSR count). The van der Waals surface area contributed by atoms with Crippen LogP contribution in [0.3, 0.4) is 0 Å². The maximum absolute atomic E-state index is 12.8. The highest BCUT2D eigenvalue weighted by Crippen LogP contribution is 2.30. The standard InChI is InChI=1S/C11H11BrF2O2/c1-6-5-9(16-3)7(2)4-8(6)10(15)11(12,13)14/h4-5H,1-3H3. The lowest BCUT2D eigenvalue weighted by molar-refractivity contribution is 0.0591. The number of methoxy groups -OCH3 is 1. The second kappa shape index (κ2) is 4.49. The summed E-state index contributed by atoms with van der Waals surface area (Å²) in [5.41, 5.74) is 1.11. The van der Waals surface area contributed by atoms with Gasteiger partial charge in [0.25, 0.3) is 0 Å². The van der Waals surface area contributed by atoms with Crippen LogP contribution in [0.4, 0.5) is 8.78 Å². The van der Waals surface area contributed by atoms with Gasteiger partial charge in [0.1, 0.15) is 5.75 Å². The Morgan fingerprint density at radius 2 is 1.88 bits per heavy atom. The van der Waals surface area contributed by atoms with Crippen LogP contribution in [0.1, 0.15) is 21.5 Å². The minimum atomic E-state index is -3.53. The normalized spacial score (nSPS) is 11.4. The number of carbonyl (C=O) groups excluding carboxylic acids is 1. The molecule has 0 heterocycles. The number of ether oxygens (including phenoxy) is 1. The Morgan fingerprint density at radius 1 is 1.31 bits per heavy atom. The first-order valence-electron chi connectivity index (χ1n) is 4.54. The SMILES string of the molecule is COc1cc(C)c(C(=O)C(F)(F)Br)cc1C. The number of halogens is 3. The molecule has 0 aliphatic rings. The molecule has 0 aromatic heterocycles. The Morgan fingerprint density at radius 3 is 2.31 bits per heavy atom. The van der Waals surface area contributed by atoms with Crippen LogP contribution in [-0.4, -0.2) is 17.7 Å². The molecule has 0 fully saturated rings. The molecular formula is C11H11BrF2O2. The average molecular weight is 293 g/mol. The molecule has 0 N–H and O–H groups in total. The Hall–Kier alpha value is -0.970. The third-order valence-electron chi connectivity index (χ3n) is 2.24. The van der Waals surface area contributed by atoms with Gasteiger partial charge in [0.15, 0.2) is 0 Å². The number of Topliss-reactive ketones (excluding diaryl/α,β-unsaturated/α-hetero) is 1. The van der Waals surface area contributed by atoms with E-state index >= 15 is 0 Å². The van der Waals surface area contributed by atoms with Crippen molar-refractivity contribution in [1.82, 2.24) is 0 Å². The fraction of sp³-hybridized carbons (Fsp3) is 0.364. The summed E-state index contributed by atoms with van der Waals surface area (Å²) in [7, 11) is 1.49. The van der Waals surface area contributed by atoms with Gasteiger partial charge in [-0.05, 0) is 53.0 Å². The van der Waals surface area contributed by atoms with Crippen molar-refractivity contribution in [3.8, 4) is 5.75 Å². The molecule has 1 aromatic rings. The lowest BCUT2D eigenvalue weighted by Gasteiger charge is -2.12. The smallest absolute Gasteiger partial charge is 0.363 e. The first kappa shape index (κ1) is 13.1. The molecule has 0 atom stereocenters. The molecule has 0 amide bonds. The molecular weight excluding hydrogens is 282 g/mol. The van der Waals surface area contributed by atoms with E-state index in [1.54, 1.807) is 19.9 Å². The number of hydrogen-bond acceptors (Lipinski definition) is 2. The zero-order chi connectivity index (χ0) is 12.5. The van der Waals surface area contributed by atoms with E-state index in [4.69, 9.17) is 4.74 Å². The van der Waals surface area contributed by atoms with Crippen molar-refractivity contribution in [2.75, 3.05) is 7.11 Å². The van der Waals surface area contributed by atoms with Crippen LogP contribution in [0.15, 0.2) is 12.1 Å². The maximum atomic E-state index is 12.8. The molecule has 0 aliphatic heterocycles. The Kier molecular flexibility index (Phi) is 3.68. The quantitative estimate of drug-likeness (QED) is 0.630. The van der Waals surface area contributed by atoms with Gasteiger partial charge in [-0.2, -0.15) is 8.78 Å². The van der Waals surface area contributed by atoms with Crippen LogP contribution < -0.4 is 4.74 Å². The zero-order valence-electron chi connectivity index (χ0n) is 9.11. The van der Waals surface area contributed by atoms with E-state index in [1.165, 1.54) is 13.2 Å². The van der Waals surface area contributed by atoms with Crippen molar-refractivity contribution in [1.29, 1.82) is 0 Å². The summed E-state index contributed by atoms with van der Waals surface area (Å²) >= 11 is 2.06. The third-order valence-corrected chi connectivity index (χ3v) is 2.60. The highest BCUT2D eigenvalue weighted by molar-refractivity contribution is 9.10. The minimum Gasteiger partial charge on any atom is -0.496 e. The second-order valence-electron chi connectivity index (χ2n) is 3.46. The highest BCUT2D eigenvalue weighted by Gasteiger charge is 2.36. The van der Waals surface area contributed by atoms with Crippen molar-refractivity contribution in [2.45, 2.75) is 18.7 Å². The van der Waals surface area contributed by atoms with E-state index in [0.717, 1.165) is 0 Å². The molecule has 16 heavy (non-hydrogen) atoms. The van der Waals surface area contributed by atoms with Crippen LogP contribution in [0.5, 0.6) is 5.75 Å². The summed E-state index contributed by atoms with van der Waals surface area (Å²) in [6.07, 6.45) is 0. The number of aryl methyl sites for hydroxylation is 2. The molecule has 0 aliphatic carbocycles. The predicted molar refractivity (Wildman–Crippen MR) is 60.7 cm³/mol. The highest BCUT2D eigenvalue weighted by atomic mass is 79.9. The molecule has 0 radical (unpaired) electrons. The van der Waals surface area contributed by atoms with Crippen molar-refractivity contribution in [2.24, 2.45) is 0 Å². The average Bonchev–Trinajstić information content (AvgIpc) is 2.18. The van der Waals surface area contributed by atoms with Gasteiger partial charge in [0, 0.05) is 5.56 Å². The van der Waals surface area contributed by atoms with Gasteiger partial charge in [-0.1, -0.05) is 0 Å². The summed E-state index contributed by atoms with van der Waals surface area (Å²) in [4.78, 5) is 7.87. The van der Waals surface area contributed by atoms with Crippen LogP contribution in [-0.2, 0) is 0 Å². The fourth-order valence-electron chi connectivity index (χ4n) is 1.41. The summed E-state index contributed by atoms with van der Waals surface area (Å²) in [5, 5.41) is 0. The molecule has 0 spiro atoms. The Labute approximate surface area is 101 Å². The van der Waals surface area contributed by atoms with Gasteiger partial charge in [0.2, 0.25) is 5.78 Å². The van der Waals surface area contributed by atoms with Crippen LogP contribution in [0.2, 0.25) is 0 Å². The van der Waals surface area contributed by atoms with Gasteiger partial charge in [-0.15, -0.1) is 0 Å². The number of ketones is 1. The van der Waals surface area contributed by atoms with Crippen molar-refractivity contribution < 1.29 is 18.3 Å². The van der Waals surface area contributed by atoms with E-state index < -0.39 is 10.6 Å². The molecule has 0 unspecified atom stereocenters. The molecule has 0 saturated carbocycles. The first-order chi connectivity index (χ1) is 7.27. The van der Waals surface area contributed by atoms with E-state index in [9.17, 15) is 13.6 Å². The second-order valence-corrected chi connectivity index (χ2v) is 4.46. The van der Waals surface area contributed by atoms with Gasteiger partial charge in [0.05, 0.1) is 7.11 Å². The van der Waals surface area contributed by atoms with Gasteiger partial charge < -0.3 is 4.74 Å². The van der Waals surface area contributed by atoms with Crippen LogP contribution >= 0.6 is 15.9 Å². The van der Waals surface area contributed by atoms with Gasteiger partial charge in [-0.25, -0.2) is 0 Å².